The van der Waals surface area contributed by atoms with Gasteiger partial charge in [0.2, 0.25) is 5.91 Å². The Bertz CT molecular complexity index is 403. The lowest BCUT2D eigenvalue weighted by Gasteiger charge is -2.24. The summed E-state index contributed by atoms with van der Waals surface area (Å²) in [5.41, 5.74) is 4.46. The first kappa shape index (κ1) is 17.8. The van der Waals surface area contributed by atoms with E-state index in [9.17, 15) is 14.4 Å². The zero-order chi connectivity index (χ0) is 16.0. The molecule has 2 amide bonds. The van der Waals surface area contributed by atoms with Gasteiger partial charge in [-0.3, -0.25) is 14.9 Å². The number of hydrogen-bond acceptors (Lipinski definition) is 6. The molecule has 4 N–H and O–H groups in total. The summed E-state index contributed by atoms with van der Waals surface area (Å²) < 4.78 is 5.14. The summed E-state index contributed by atoms with van der Waals surface area (Å²) in [7, 11) is 0. The molecule has 2 atom stereocenters. The van der Waals surface area contributed by atoms with Crippen molar-refractivity contribution < 1.29 is 19.1 Å². The second-order valence-corrected chi connectivity index (χ2v) is 7.02. The number of thioether (sulfide) groups is 1. The highest BCUT2D eigenvalue weighted by molar-refractivity contribution is 8.00. The summed E-state index contributed by atoms with van der Waals surface area (Å²) in [6.45, 7) is 5.96. The molecule has 0 aromatic carbocycles. The van der Waals surface area contributed by atoms with Gasteiger partial charge in [-0.05, 0) is 27.2 Å². The van der Waals surface area contributed by atoms with E-state index < -0.39 is 23.6 Å². The molecule has 1 saturated heterocycles. The van der Waals surface area contributed by atoms with E-state index in [0.717, 1.165) is 12.3 Å². The van der Waals surface area contributed by atoms with Crippen LogP contribution >= 0.6 is 11.8 Å². The highest BCUT2D eigenvalue weighted by Crippen LogP contribution is 2.18. The van der Waals surface area contributed by atoms with Crippen molar-refractivity contribution in [2.24, 2.45) is 5.73 Å². The first-order chi connectivity index (χ1) is 9.69. The highest BCUT2D eigenvalue weighted by Gasteiger charge is 2.31. The number of carbonyl (C=O) groups is 3. The Morgan fingerprint density at radius 2 is 2.10 bits per heavy atom. The maximum atomic E-state index is 12.4. The van der Waals surface area contributed by atoms with Crippen LogP contribution in [-0.4, -0.2) is 47.1 Å². The molecule has 1 aliphatic rings. The normalized spacial score (nSPS) is 19.9. The summed E-state index contributed by atoms with van der Waals surface area (Å²) >= 11 is 1.48. The van der Waals surface area contributed by atoms with E-state index in [1.54, 1.807) is 20.8 Å². The fourth-order valence-corrected chi connectivity index (χ4v) is 2.85. The molecule has 0 aromatic heterocycles. The third-order valence-electron chi connectivity index (χ3n) is 2.69. The predicted molar refractivity (Wildman–Crippen MR) is 80.8 cm³/mol. The number of ketones is 1. The maximum absolute atomic E-state index is 12.4. The number of ether oxygens (including phenoxy) is 1. The van der Waals surface area contributed by atoms with Crippen LogP contribution in [0.25, 0.3) is 0 Å². The molecule has 0 bridgehead atoms. The summed E-state index contributed by atoms with van der Waals surface area (Å²) in [6, 6.07) is -0.782. The summed E-state index contributed by atoms with van der Waals surface area (Å²) in [5.74, 6) is 0.168. The van der Waals surface area contributed by atoms with Gasteiger partial charge in [0.15, 0.2) is 5.78 Å². The van der Waals surface area contributed by atoms with Crippen molar-refractivity contribution in [3.8, 4) is 0 Å². The van der Waals surface area contributed by atoms with Crippen LogP contribution in [0, 0.1) is 0 Å². The fourth-order valence-electron chi connectivity index (χ4n) is 1.81. The number of carbonyl (C=O) groups excluding carboxylic acids is 3. The van der Waals surface area contributed by atoms with Gasteiger partial charge in [0.1, 0.15) is 11.0 Å². The minimum absolute atomic E-state index is 0.0313. The van der Waals surface area contributed by atoms with Gasteiger partial charge in [0, 0.05) is 18.7 Å². The third kappa shape index (κ3) is 6.81. The number of amides is 2. The average Bonchev–Trinajstić information content (AvgIpc) is 2.84. The number of alkyl carbamates (subject to hydrolysis) is 1. The van der Waals surface area contributed by atoms with E-state index >= 15 is 0 Å². The standard InChI is InChI=1S/C13H23N3O4S/c1-13(2,3)20-12(19)16-8(4-5-9(14)17)10(18)11-15-6-7-21-11/h8,11,15H,4-7H2,1-3H3,(H2,14,17)(H,16,19)/t8-,11?/m0/s1. The van der Waals surface area contributed by atoms with Crippen LogP contribution < -0.4 is 16.4 Å². The first-order valence-corrected chi connectivity index (χ1v) is 7.90. The van der Waals surface area contributed by atoms with Crippen molar-refractivity contribution >= 4 is 29.5 Å². The van der Waals surface area contributed by atoms with Gasteiger partial charge in [-0.25, -0.2) is 4.79 Å². The van der Waals surface area contributed by atoms with Crippen LogP contribution in [0.3, 0.4) is 0 Å². The Hall–Kier alpha value is -1.28. The van der Waals surface area contributed by atoms with Gasteiger partial charge in [-0.2, -0.15) is 0 Å². The van der Waals surface area contributed by atoms with Crippen molar-refractivity contribution in [3.63, 3.8) is 0 Å². The van der Waals surface area contributed by atoms with E-state index in [1.807, 2.05) is 0 Å². The van der Waals surface area contributed by atoms with Crippen molar-refractivity contribution in [2.75, 3.05) is 12.3 Å². The summed E-state index contributed by atoms with van der Waals surface area (Å²) in [4.78, 5) is 35.1. The van der Waals surface area contributed by atoms with E-state index in [-0.39, 0.29) is 24.0 Å². The molecule has 0 aromatic rings. The van der Waals surface area contributed by atoms with Gasteiger partial charge in [0.05, 0.1) is 6.04 Å². The lowest BCUT2D eigenvalue weighted by atomic mass is 10.1. The molecule has 0 aliphatic carbocycles. The molecule has 0 spiro atoms. The number of nitrogens with one attached hydrogen (secondary N) is 2. The van der Waals surface area contributed by atoms with E-state index in [0.29, 0.717) is 0 Å². The smallest absolute Gasteiger partial charge is 0.408 e. The van der Waals surface area contributed by atoms with Gasteiger partial charge in [0.25, 0.3) is 0 Å². The van der Waals surface area contributed by atoms with Crippen LogP contribution in [0.4, 0.5) is 4.79 Å². The average molecular weight is 317 g/mol. The topological polar surface area (TPSA) is 111 Å². The van der Waals surface area contributed by atoms with E-state index in [1.165, 1.54) is 11.8 Å². The minimum Gasteiger partial charge on any atom is -0.444 e. The molecule has 7 nitrogen and oxygen atoms in total. The SMILES string of the molecule is CC(C)(C)OC(=O)N[C@@H](CCC(N)=O)C(=O)C1NCCS1. The molecule has 8 heteroatoms. The minimum atomic E-state index is -0.782. The third-order valence-corrected chi connectivity index (χ3v) is 3.86. The van der Waals surface area contributed by atoms with Crippen LogP contribution in [0.2, 0.25) is 0 Å². The summed E-state index contributed by atoms with van der Waals surface area (Å²) in [6.07, 6.45) is -0.469. The van der Waals surface area contributed by atoms with E-state index in [4.69, 9.17) is 10.5 Å². The largest absolute Gasteiger partial charge is 0.444 e. The van der Waals surface area contributed by atoms with Crippen molar-refractivity contribution in [1.82, 2.24) is 10.6 Å². The molecule has 1 heterocycles. The monoisotopic (exact) mass is 317 g/mol. The lowest BCUT2D eigenvalue weighted by molar-refractivity contribution is -0.121. The molecule has 1 unspecified atom stereocenters. The fraction of sp³-hybridized carbons (Fsp3) is 0.769. The van der Waals surface area contributed by atoms with Gasteiger partial charge in [-0.1, -0.05) is 0 Å². The number of primary amides is 1. The Morgan fingerprint density at radius 1 is 1.43 bits per heavy atom. The quantitative estimate of drug-likeness (QED) is 0.653. The predicted octanol–water partition coefficient (Wildman–Crippen LogP) is 0.377. The zero-order valence-corrected chi connectivity index (χ0v) is 13.4. The molecule has 0 saturated carbocycles. The zero-order valence-electron chi connectivity index (χ0n) is 12.6. The number of hydrogen-bond donors (Lipinski definition) is 3. The van der Waals surface area contributed by atoms with Crippen LogP contribution in [-0.2, 0) is 14.3 Å². The second kappa shape index (κ2) is 7.65. The van der Waals surface area contributed by atoms with Crippen molar-refractivity contribution in [2.45, 2.75) is 50.6 Å². The maximum Gasteiger partial charge on any atom is 0.408 e. The number of nitrogens with two attached hydrogens (primary N) is 1. The van der Waals surface area contributed by atoms with Gasteiger partial charge in [-0.15, -0.1) is 11.8 Å². The van der Waals surface area contributed by atoms with Crippen LogP contribution in [0.15, 0.2) is 0 Å². The first-order valence-electron chi connectivity index (χ1n) is 6.85. The van der Waals surface area contributed by atoms with Gasteiger partial charge >= 0.3 is 6.09 Å². The van der Waals surface area contributed by atoms with Crippen LogP contribution in [0.5, 0.6) is 0 Å². The molecule has 1 fully saturated rings. The molecule has 1 rings (SSSR count). The molecule has 1 aliphatic heterocycles. The molecular weight excluding hydrogens is 294 g/mol. The van der Waals surface area contributed by atoms with Crippen molar-refractivity contribution in [1.29, 1.82) is 0 Å². The molecular formula is C13H23N3O4S. The molecule has 120 valence electrons. The molecule has 0 radical (unpaired) electrons. The summed E-state index contributed by atoms with van der Waals surface area (Å²) in [5, 5.41) is 5.22. The van der Waals surface area contributed by atoms with Crippen LogP contribution in [0.1, 0.15) is 33.6 Å². The second-order valence-electron chi connectivity index (χ2n) is 5.81. The Morgan fingerprint density at radius 3 is 2.57 bits per heavy atom. The Labute approximate surface area is 128 Å². The Balaban J connectivity index is 2.64. The number of Topliss-reactive ketones (excluding diaryl/α,β-unsaturated/α-hetero) is 1. The van der Waals surface area contributed by atoms with Gasteiger partial charge < -0.3 is 15.8 Å². The molecule has 21 heavy (non-hydrogen) atoms. The van der Waals surface area contributed by atoms with E-state index in [2.05, 4.69) is 10.6 Å². The highest BCUT2D eigenvalue weighted by atomic mass is 32.2. The number of rotatable bonds is 6. The lowest BCUT2D eigenvalue weighted by Crippen LogP contribution is -2.48. The van der Waals surface area contributed by atoms with Crippen molar-refractivity contribution in [3.05, 3.63) is 0 Å². The Kier molecular flexibility index (Phi) is 6.47.